The first-order chi connectivity index (χ1) is 16.2. The summed E-state index contributed by atoms with van der Waals surface area (Å²) in [6.07, 6.45) is 13.0. The number of nitrogens with one attached hydrogen (secondary N) is 1. The van der Waals surface area contributed by atoms with Crippen LogP contribution in [-0.4, -0.2) is 29.6 Å². The molecule has 4 heteroatoms. The Kier molecular flexibility index (Phi) is 6.62. The molecule has 2 fully saturated rings. The molecular weight excluding hydrogens is 404 g/mol. The average Bonchev–Trinajstić information content (AvgIpc) is 3.41. The van der Waals surface area contributed by atoms with Crippen molar-refractivity contribution in [3.63, 3.8) is 0 Å². The van der Waals surface area contributed by atoms with Crippen LogP contribution in [0.2, 0.25) is 0 Å². The number of nitrogens with zero attached hydrogens (tertiary/aromatic N) is 3. The van der Waals surface area contributed by atoms with Crippen LogP contribution in [-0.2, 0) is 6.42 Å². The Balaban J connectivity index is 1.23. The Labute approximate surface area is 199 Å². The van der Waals surface area contributed by atoms with E-state index in [4.69, 9.17) is 9.98 Å². The maximum Gasteiger partial charge on any atom is 0.126 e. The van der Waals surface area contributed by atoms with E-state index in [0.29, 0.717) is 11.8 Å². The molecule has 2 aromatic rings. The van der Waals surface area contributed by atoms with Gasteiger partial charge in [-0.05, 0) is 86.3 Å². The lowest BCUT2D eigenvalue weighted by Crippen LogP contribution is -2.30. The average molecular weight is 443 g/mol. The van der Waals surface area contributed by atoms with Gasteiger partial charge in [-0.15, -0.1) is 0 Å². The minimum atomic E-state index is 0.288. The largest absolute Gasteiger partial charge is 0.385 e. The monoisotopic (exact) mass is 442 g/mol. The summed E-state index contributed by atoms with van der Waals surface area (Å²) >= 11 is 0. The van der Waals surface area contributed by atoms with E-state index >= 15 is 0 Å². The Morgan fingerprint density at radius 1 is 1.03 bits per heavy atom. The molecule has 1 aromatic heterocycles. The Morgan fingerprint density at radius 2 is 1.91 bits per heavy atom. The molecule has 33 heavy (non-hydrogen) atoms. The van der Waals surface area contributed by atoms with Gasteiger partial charge >= 0.3 is 0 Å². The van der Waals surface area contributed by atoms with Gasteiger partial charge in [-0.25, -0.2) is 4.99 Å². The van der Waals surface area contributed by atoms with Gasteiger partial charge in [-0.1, -0.05) is 38.8 Å². The number of hydrogen-bond acceptors (Lipinski definition) is 4. The number of anilines is 1. The van der Waals surface area contributed by atoms with Crippen LogP contribution >= 0.6 is 0 Å². The van der Waals surface area contributed by atoms with E-state index < -0.39 is 0 Å². The van der Waals surface area contributed by atoms with E-state index in [1.807, 2.05) is 6.20 Å². The van der Waals surface area contributed by atoms with Crippen LogP contribution in [0.25, 0.3) is 11.1 Å². The predicted octanol–water partition coefficient (Wildman–Crippen LogP) is 6.96. The predicted molar refractivity (Wildman–Crippen MR) is 139 cm³/mol. The van der Waals surface area contributed by atoms with Crippen molar-refractivity contribution >= 4 is 17.2 Å². The number of benzene rings is 1. The van der Waals surface area contributed by atoms with Crippen molar-refractivity contribution in [1.29, 1.82) is 0 Å². The summed E-state index contributed by atoms with van der Waals surface area (Å²) in [5.41, 5.74) is 6.59. The summed E-state index contributed by atoms with van der Waals surface area (Å²) in [6, 6.07) is 13.2. The van der Waals surface area contributed by atoms with Crippen molar-refractivity contribution in [2.75, 3.05) is 18.4 Å². The third kappa shape index (κ3) is 5.05. The highest BCUT2D eigenvalue weighted by Crippen LogP contribution is 2.48. The van der Waals surface area contributed by atoms with Crippen LogP contribution in [0.3, 0.4) is 0 Å². The molecule has 2 aliphatic carbocycles. The second-order valence-electron chi connectivity index (χ2n) is 10.4. The molecule has 1 aliphatic heterocycles. The standard InChI is InChI=1S/C29H38N4/c1-3-6-25-17-24(12-15-30-25)23-7-5-8-26(16-23)31-19-21-11-14-29(18-21,13-4-2)27-20-32-28(33-27)22-9-10-22/h5,7-8,12,15-17,21-22,31H,3-4,6,9-11,13-14,18-20H2,1-2H3. The maximum absolute atomic E-state index is 5.08. The second kappa shape index (κ2) is 9.79. The molecule has 1 N–H and O–H groups in total. The summed E-state index contributed by atoms with van der Waals surface area (Å²) in [5.74, 6) is 2.54. The Bertz CT molecular complexity index is 1040. The van der Waals surface area contributed by atoms with Gasteiger partial charge in [0.25, 0.3) is 0 Å². The van der Waals surface area contributed by atoms with E-state index in [1.54, 1.807) is 0 Å². The molecule has 2 unspecified atom stereocenters. The maximum atomic E-state index is 5.08. The van der Waals surface area contributed by atoms with Gasteiger partial charge in [-0.2, -0.15) is 0 Å². The molecule has 2 atom stereocenters. The summed E-state index contributed by atoms with van der Waals surface area (Å²) in [5, 5.41) is 3.76. The third-order valence-corrected chi connectivity index (χ3v) is 7.75. The minimum Gasteiger partial charge on any atom is -0.385 e. The zero-order valence-electron chi connectivity index (χ0n) is 20.3. The Hall–Kier alpha value is -2.49. The van der Waals surface area contributed by atoms with Crippen molar-refractivity contribution in [2.45, 2.75) is 71.6 Å². The highest BCUT2D eigenvalue weighted by Gasteiger charge is 2.44. The van der Waals surface area contributed by atoms with Crippen LogP contribution in [0.1, 0.15) is 70.9 Å². The zero-order chi connectivity index (χ0) is 22.7. The molecular formula is C29H38N4. The van der Waals surface area contributed by atoms with Gasteiger partial charge in [0.2, 0.25) is 0 Å². The van der Waals surface area contributed by atoms with Crippen molar-refractivity contribution in [1.82, 2.24) is 4.98 Å². The van der Waals surface area contributed by atoms with E-state index in [-0.39, 0.29) is 5.41 Å². The molecule has 0 spiro atoms. The minimum absolute atomic E-state index is 0.288. The number of hydrogen-bond donors (Lipinski definition) is 1. The van der Waals surface area contributed by atoms with Crippen molar-refractivity contribution in [2.24, 2.45) is 27.2 Å². The first kappa shape index (κ1) is 22.3. The van der Waals surface area contributed by atoms with Crippen molar-refractivity contribution in [3.8, 4) is 11.1 Å². The number of amidine groups is 1. The zero-order valence-corrected chi connectivity index (χ0v) is 20.3. The fourth-order valence-corrected chi connectivity index (χ4v) is 5.86. The van der Waals surface area contributed by atoms with Crippen molar-refractivity contribution in [3.05, 3.63) is 48.3 Å². The van der Waals surface area contributed by atoms with E-state index in [2.05, 4.69) is 60.5 Å². The van der Waals surface area contributed by atoms with Gasteiger partial charge in [-0.3, -0.25) is 9.98 Å². The van der Waals surface area contributed by atoms with Crippen LogP contribution < -0.4 is 5.32 Å². The van der Waals surface area contributed by atoms with Gasteiger partial charge < -0.3 is 5.32 Å². The first-order valence-corrected chi connectivity index (χ1v) is 13.1. The van der Waals surface area contributed by atoms with E-state index in [0.717, 1.165) is 31.8 Å². The van der Waals surface area contributed by atoms with Gasteiger partial charge in [0.1, 0.15) is 5.84 Å². The van der Waals surface area contributed by atoms with Crippen molar-refractivity contribution < 1.29 is 0 Å². The van der Waals surface area contributed by atoms with Gasteiger partial charge in [0.05, 0.1) is 6.54 Å². The number of pyridine rings is 1. The first-order valence-electron chi connectivity index (χ1n) is 13.1. The van der Waals surface area contributed by atoms with E-state index in [9.17, 15) is 0 Å². The third-order valence-electron chi connectivity index (χ3n) is 7.75. The summed E-state index contributed by atoms with van der Waals surface area (Å²) in [6.45, 7) is 6.42. The number of aliphatic imine (C=N–C) groups is 2. The Morgan fingerprint density at radius 3 is 2.73 bits per heavy atom. The van der Waals surface area contributed by atoms with Crippen LogP contribution in [0, 0.1) is 17.3 Å². The molecule has 0 amide bonds. The molecule has 4 nitrogen and oxygen atoms in total. The number of rotatable bonds is 10. The lowest BCUT2D eigenvalue weighted by Gasteiger charge is -2.29. The molecule has 2 heterocycles. The van der Waals surface area contributed by atoms with Gasteiger partial charge in [0, 0.05) is 41.2 Å². The van der Waals surface area contributed by atoms with E-state index in [1.165, 1.54) is 73.2 Å². The normalized spacial score (nSPS) is 24.6. The highest BCUT2D eigenvalue weighted by molar-refractivity contribution is 6.08. The fourth-order valence-electron chi connectivity index (χ4n) is 5.86. The molecule has 174 valence electrons. The topological polar surface area (TPSA) is 49.6 Å². The molecule has 1 aromatic carbocycles. The molecule has 0 bridgehead atoms. The molecule has 2 saturated carbocycles. The second-order valence-corrected chi connectivity index (χ2v) is 10.4. The highest BCUT2D eigenvalue weighted by atomic mass is 15.0. The fraction of sp³-hybridized carbons (Fsp3) is 0.552. The lowest BCUT2D eigenvalue weighted by atomic mass is 9.76. The number of aromatic nitrogens is 1. The van der Waals surface area contributed by atoms with Gasteiger partial charge in [0.15, 0.2) is 0 Å². The quantitative estimate of drug-likeness (QED) is 0.432. The van der Waals surface area contributed by atoms with Crippen LogP contribution in [0.15, 0.2) is 52.6 Å². The molecule has 5 rings (SSSR count). The lowest BCUT2D eigenvalue weighted by molar-refractivity contribution is 0.375. The summed E-state index contributed by atoms with van der Waals surface area (Å²) in [4.78, 5) is 14.4. The number of aryl methyl sites for hydroxylation is 1. The molecule has 0 saturated heterocycles. The SMILES string of the molecule is CCCc1cc(-c2cccc(NCC3CCC(CCC)(C4=NC(C5CC5)=NC4)C3)c2)ccn1. The smallest absolute Gasteiger partial charge is 0.126 e. The molecule has 3 aliphatic rings. The summed E-state index contributed by atoms with van der Waals surface area (Å²) < 4.78 is 0. The van der Waals surface area contributed by atoms with Crippen LogP contribution in [0.4, 0.5) is 5.69 Å². The van der Waals surface area contributed by atoms with Crippen LogP contribution in [0.5, 0.6) is 0 Å². The molecule has 0 radical (unpaired) electrons. The summed E-state index contributed by atoms with van der Waals surface area (Å²) in [7, 11) is 0.